The van der Waals surface area contributed by atoms with Crippen molar-refractivity contribution in [2.24, 2.45) is 5.10 Å². The molecule has 3 rings (SSSR count). The first-order valence-electron chi connectivity index (χ1n) is 10.9. The molecular weight excluding hydrogens is 434 g/mol. The van der Waals surface area contributed by atoms with Gasteiger partial charge in [-0.05, 0) is 56.5 Å². The zero-order valence-corrected chi connectivity index (χ0v) is 19.4. The summed E-state index contributed by atoms with van der Waals surface area (Å²) < 4.78 is 1.72. The number of nitro benzene ring substituents is 1. The number of aromatic nitrogens is 1. The van der Waals surface area contributed by atoms with Crippen LogP contribution in [0.15, 0.2) is 59.8 Å². The molecule has 9 nitrogen and oxygen atoms in total. The second-order valence-electron chi connectivity index (χ2n) is 8.05. The van der Waals surface area contributed by atoms with Crippen LogP contribution in [0.4, 0.5) is 11.4 Å². The number of carbonyl (C=O) groups excluding carboxylic acids is 2. The molecule has 1 aromatic heterocycles. The average molecular weight is 462 g/mol. The lowest BCUT2D eigenvalue weighted by atomic mass is 10.0. The number of nitrogens with zero attached hydrogens (tertiary/aromatic N) is 3. The molecule has 0 aliphatic heterocycles. The maximum atomic E-state index is 12.3. The number of hydrogen-bond donors (Lipinski definition) is 2. The Labute approximate surface area is 197 Å². The van der Waals surface area contributed by atoms with E-state index >= 15 is 0 Å². The van der Waals surface area contributed by atoms with Gasteiger partial charge in [-0.25, -0.2) is 5.43 Å². The van der Waals surface area contributed by atoms with Gasteiger partial charge in [-0.1, -0.05) is 23.8 Å². The summed E-state index contributed by atoms with van der Waals surface area (Å²) in [7, 11) is 0. The van der Waals surface area contributed by atoms with E-state index < -0.39 is 4.92 Å². The predicted octanol–water partition coefficient (Wildman–Crippen LogP) is 4.57. The fourth-order valence-electron chi connectivity index (χ4n) is 3.71. The zero-order valence-electron chi connectivity index (χ0n) is 19.4. The van der Waals surface area contributed by atoms with Gasteiger partial charge in [-0.2, -0.15) is 5.10 Å². The highest BCUT2D eigenvalue weighted by atomic mass is 16.6. The van der Waals surface area contributed by atoms with Crippen LogP contribution in [-0.4, -0.2) is 27.5 Å². The number of aryl methyl sites for hydroxylation is 3. The number of non-ortho nitro benzene ring substituents is 1. The SMILES string of the molecule is Cc1cc(C)c(NC(=O)CCCC(=O)N/N=C/c2cccn2-c2cccc([N+](=O)[O-])c2)c(C)c1. The molecule has 3 aromatic rings. The molecule has 0 fully saturated rings. The summed E-state index contributed by atoms with van der Waals surface area (Å²) in [5, 5.41) is 17.9. The van der Waals surface area contributed by atoms with Gasteiger partial charge in [-0.3, -0.25) is 19.7 Å². The van der Waals surface area contributed by atoms with Crippen LogP contribution in [0, 0.1) is 30.9 Å². The van der Waals surface area contributed by atoms with Crippen molar-refractivity contribution >= 4 is 29.4 Å². The minimum absolute atomic E-state index is 0.0147. The molecule has 0 atom stereocenters. The molecule has 9 heteroatoms. The molecule has 2 aromatic carbocycles. The fraction of sp³-hybridized carbons (Fsp3) is 0.240. The first-order valence-corrected chi connectivity index (χ1v) is 10.9. The molecule has 0 saturated carbocycles. The number of benzene rings is 2. The lowest BCUT2D eigenvalue weighted by Gasteiger charge is -2.12. The molecule has 2 amide bonds. The molecule has 34 heavy (non-hydrogen) atoms. The van der Waals surface area contributed by atoms with Gasteiger partial charge in [0.05, 0.1) is 22.5 Å². The lowest BCUT2D eigenvalue weighted by Crippen LogP contribution is -2.19. The van der Waals surface area contributed by atoms with Gasteiger partial charge in [0.25, 0.3) is 5.69 Å². The maximum Gasteiger partial charge on any atom is 0.271 e. The second kappa shape index (κ2) is 11.0. The molecule has 0 bridgehead atoms. The van der Waals surface area contributed by atoms with Crippen LogP contribution in [0.2, 0.25) is 0 Å². The summed E-state index contributed by atoms with van der Waals surface area (Å²) in [5.74, 6) is -0.443. The monoisotopic (exact) mass is 461 g/mol. The third-order valence-corrected chi connectivity index (χ3v) is 5.23. The zero-order chi connectivity index (χ0) is 24.7. The summed E-state index contributed by atoms with van der Waals surface area (Å²) in [4.78, 5) is 34.9. The first kappa shape index (κ1) is 24.4. The molecule has 0 spiro atoms. The molecular formula is C25H27N5O4. The maximum absolute atomic E-state index is 12.3. The van der Waals surface area contributed by atoms with Crippen molar-refractivity contribution in [2.75, 3.05) is 5.32 Å². The summed E-state index contributed by atoms with van der Waals surface area (Å²) >= 11 is 0. The van der Waals surface area contributed by atoms with Crippen molar-refractivity contribution in [1.29, 1.82) is 0 Å². The second-order valence-corrected chi connectivity index (χ2v) is 8.05. The highest BCUT2D eigenvalue weighted by molar-refractivity contribution is 5.92. The Kier molecular flexibility index (Phi) is 7.92. The Balaban J connectivity index is 1.49. The highest BCUT2D eigenvalue weighted by Crippen LogP contribution is 2.22. The van der Waals surface area contributed by atoms with Crippen molar-refractivity contribution in [2.45, 2.75) is 40.0 Å². The van der Waals surface area contributed by atoms with E-state index in [2.05, 4.69) is 15.8 Å². The minimum atomic E-state index is -0.454. The topological polar surface area (TPSA) is 119 Å². The van der Waals surface area contributed by atoms with Gasteiger partial charge in [0.15, 0.2) is 0 Å². The average Bonchev–Trinajstić information content (AvgIpc) is 3.25. The summed E-state index contributed by atoms with van der Waals surface area (Å²) in [5.41, 5.74) is 7.66. The van der Waals surface area contributed by atoms with Crippen molar-refractivity contribution in [3.63, 3.8) is 0 Å². The normalized spacial score (nSPS) is 10.9. The van der Waals surface area contributed by atoms with Gasteiger partial charge < -0.3 is 9.88 Å². The van der Waals surface area contributed by atoms with Crippen LogP contribution < -0.4 is 10.7 Å². The Hall–Kier alpha value is -4.27. The third kappa shape index (κ3) is 6.38. The summed E-state index contributed by atoms with van der Waals surface area (Å²) in [6.45, 7) is 5.92. The van der Waals surface area contributed by atoms with Crippen LogP contribution in [0.25, 0.3) is 5.69 Å². The number of hydrogen-bond acceptors (Lipinski definition) is 5. The van der Waals surface area contributed by atoms with Crippen molar-refractivity contribution in [3.05, 3.63) is 87.2 Å². The molecule has 176 valence electrons. The third-order valence-electron chi connectivity index (χ3n) is 5.23. The van der Waals surface area contributed by atoms with Crippen LogP contribution in [0.5, 0.6) is 0 Å². The van der Waals surface area contributed by atoms with E-state index in [1.165, 1.54) is 18.3 Å². The molecule has 0 radical (unpaired) electrons. The van der Waals surface area contributed by atoms with Gasteiger partial charge in [0.2, 0.25) is 11.8 Å². The number of anilines is 1. The van der Waals surface area contributed by atoms with Crippen LogP contribution in [-0.2, 0) is 9.59 Å². The summed E-state index contributed by atoms with van der Waals surface area (Å²) in [6.07, 6.45) is 3.98. The highest BCUT2D eigenvalue weighted by Gasteiger charge is 2.10. The quantitative estimate of drug-likeness (QED) is 0.276. The Morgan fingerprint density at radius 2 is 1.74 bits per heavy atom. The predicted molar refractivity (Wildman–Crippen MR) is 131 cm³/mol. The van der Waals surface area contributed by atoms with Crippen molar-refractivity contribution in [3.8, 4) is 5.69 Å². The van der Waals surface area contributed by atoms with E-state index in [4.69, 9.17) is 0 Å². The standard InChI is InChI=1S/C25H27N5O4/c1-17-13-18(2)25(19(3)14-17)27-23(31)10-5-11-24(32)28-26-16-22-9-6-12-29(22)20-7-4-8-21(15-20)30(33)34/h4,6-9,12-16H,5,10-11H2,1-3H3,(H,27,31)(H,28,32)/b26-16+. The lowest BCUT2D eigenvalue weighted by molar-refractivity contribution is -0.384. The molecule has 2 N–H and O–H groups in total. The smallest absolute Gasteiger partial charge is 0.271 e. The van der Waals surface area contributed by atoms with E-state index in [-0.39, 0.29) is 30.3 Å². The summed E-state index contributed by atoms with van der Waals surface area (Å²) in [6, 6.07) is 13.8. The van der Waals surface area contributed by atoms with Gasteiger partial charge in [0.1, 0.15) is 0 Å². The van der Waals surface area contributed by atoms with Crippen LogP contribution >= 0.6 is 0 Å². The van der Waals surface area contributed by atoms with Crippen LogP contribution in [0.3, 0.4) is 0 Å². The molecule has 0 aliphatic rings. The Morgan fingerprint density at radius 3 is 2.44 bits per heavy atom. The Bertz CT molecular complexity index is 1220. The Morgan fingerprint density at radius 1 is 1.03 bits per heavy atom. The largest absolute Gasteiger partial charge is 0.326 e. The van der Waals surface area contributed by atoms with Gasteiger partial charge >= 0.3 is 0 Å². The number of nitrogens with one attached hydrogen (secondary N) is 2. The molecule has 0 saturated heterocycles. The number of amides is 2. The first-order chi connectivity index (χ1) is 16.2. The number of carbonyl (C=O) groups is 2. The van der Waals surface area contributed by atoms with Gasteiger partial charge in [-0.15, -0.1) is 0 Å². The van der Waals surface area contributed by atoms with Crippen LogP contribution in [0.1, 0.15) is 41.6 Å². The van der Waals surface area contributed by atoms with Gasteiger partial charge in [0, 0.05) is 36.9 Å². The van der Waals surface area contributed by atoms with E-state index in [0.717, 1.165) is 22.4 Å². The molecule has 1 heterocycles. The fourth-order valence-corrected chi connectivity index (χ4v) is 3.71. The molecule has 0 unspecified atom stereocenters. The minimum Gasteiger partial charge on any atom is -0.326 e. The van der Waals surface area contributed by atoms with E-state index in [1.807, 2.05) is 32.9 Å². The molecule has 0 aliphatic carbocycles. The number of nitro groups is 1. The number of rotatable bonds is 9. The van der Waals surface area contributed by atoms with E-state index in [1.54, 1.807) is 35.0 Å². The van der Waals surface area contributed by atoms with E-state index in [0.29, 0.717) is 17.8 Å². The van der Waals surface area contributed by atoms with E-state index in [9.17, 15) is 19.7 Å². The van der Waals surface area contributed by atoms with Crippen molar-refractivity contribution in [1.82, 2.24) is 9.99 Å². The van der Waals surface area contributed by atoms with Crippen molar-refractivity contribution < 1.29 is 14.5 Å². The number of hydrazone groups is 1.